The monoisotopic (exact) mass is 228 g/mol. The van der Waals surface area contributed by atoms with Gasteiger partial charge in [-0.05, 0) is 24.0 Å². The standard InChI is InChI=1S/C15H16O2/c1-17-15(16)14(12-8-4-2-5-9-12)13-10-6-3-7-11-13/h2,4-6,8-11,14H,3,7H2,1H3. The zero-order valence-electron chi connectivity index (χ0n) is 9.93. The van der Waals surface area contributed by atoms with Crippen molar-refractivity contribution in [1.29, 1.82) is 0 Å². The van der Waals surface area contributed by atoms with Crippen LogP contribution in [-0.2, 0) is 9.53 Å². The van der Waals surface area contributed by atoms with Gasteiger partial charge in [0.05, 0.1) is 7.11 Å². The number of benzene rings is 1. The van der Waals surface area contributed by atoms with Gasteiger partial charge in [-0.25, -0.2) is 0 Å². The molecular weight excluding hydrogens is 212 g/mol. The van der Waals surface area contributed by atoms with E-state index in [1.54, 1.807) is 0 Å². The maximum absolute atomic E-state index is 11.9. The molecule has 0 saturated heterocycles. The van der Waals surface area contributed by atoms with E-state index in [-0.39, 0.29) is 11.9 Å². The smallest absolute Gasteiger partial charge is 0.317 e. The lowest BCUT2D eigenvalue weighted by atomic mass is 9.88. The van der Waals surface area contributed by atoms with Crippen molar-refractivity contribution in [3.05, 3.63) is 59.7 Å². The molecule has 1 aliphatic rings. The molecule has 17 heavy (non-hydrogen) atoms. The van der Waals surface area contributed by atoms with E-state index in [1.165, 1.54) is 7.11 Å². The topological polar surface area (TPSA) is 26.3 Å². The highest BCUT2D eigenvalue weighted by Crippen LogP contribution is 2.29. The summed E-state index contributed by atoms with van der Waals surface area (Å²) >= 11 is 0. The molecule has 2 rings (SSSR count). The van der Waals surface area contributed by atoms with E-state index < -0.39 is 0 Å². The fourth-order valence-electron chi connectivity index (χ4n) is 2.08. The second-order valence-electron chi connectivity index (χ2n) is 4.05. The number of methoxy groups -OCH3 is 1. The molecule has 0 radical (unpaired) electrons. The molecule has 1 atom stereocenters. The SMILES string of the molecule is COC(=O)C(C1=CCCC=C1)c1ccccc1. The van der Waals surface area contributed by atoms with Crippen molar-refractivity contribution < 1.29 is 9.53 Å². The average molecular weight is 228 g/mol. The molecule has 0 fully saturated rings. The first-order valence-electron chi connectivity index (χ1n) is 5.82. The molecule has 0 saturated carbocycles. The van der Waals surface area contributed by atoms with Crippen molar-refractivity contribution in [1.82, 2.24) is 0 Å². The summed E-state index contributed by atoms with van der Waals surface area (Å²) in [5.41, 5.74) is 2.02. The molecule has 2 nitrogen and oxygen atoms in total. The summed E-state index contributed by atoms with van der Waals surface area (Å²) in [7, 11) is 1.44. The molecule has 1 aromatic rings. The third-order valence-corrected chi connectivity index (χ3v) is 2.93. The van der Waals surface area contributed by atoms with Gasteiger partial charge in [0.1, 0.15) is 5.92 Å². The quantitative estimate of drug-likeness (QED) is 0.742. The van der Waals surface area contributed by atoms with Crippen LogP contribution in [0.1, 0.15) is 24.3 Å². The highest BCUT2D eigenvalue weighted by atomic mass is 16.5. The van der Waals surface area contributed by atoms with Crippen LogP contribution >= 0.6 is 0 Å². The zero-order chi connectivity index (χ0) is 12.1. The second kappa shape index (κ2) is 5.48. The van der Waals surface area contributed by atoms with Crippen molar-refractivity contribution in [3.63, 3.8) is 0 Å². The maximum atomic E-state index is 11.9. The van der Waals surface area contributed by atoms with Gasteiger partial charge in [0, 0.05) is 0 Å². The molecule has 88 valence electrons. The van der Waals surface area contributed by atoms with Gasteiger partial charge in [0.25, 0.3) is 0 Å². The van der Waals surface area contributed by atoms with Crippen molar-refractivity contribution in [2.75, 3.05) is 7.11 Å². The Kier molecular flexibility index (Phi) is 3.76. The van der Waals surface area contributed by atoms with E-state index in [0.717, 1.165) is 24.0 Å². The maximum Gasteiger partial charge on any atom is 0.317 e. The Morgan fingerprint density at radius 1 is 1.24 bits per heavy atom. The fourth-order valence-corrected chi connectivity index (χ4v) is 2.08. The molecule has 1 unspecified atom stereocenters. The molecule has 0 bridgehead atoms. The summed E-state index contributed by atoms with van der Waals surface area (Å²) in [4.78, 5) is 11.9. The largest absolute Gasteiger partial charge is 0.468 e. The number of allylic oxidation sites excluding steroid dienone is 3. The molecule has 1 aliphatic carbocycles. The van der Waals surface area contributed by atoms with E-state index in [4.69, 9.17) is 4.74 Å². The summed E-state index contributed by atoms with van der Waals surface area (Å²) < 4.78 is 4.91. The van der Waals surface area contributed by atoms with Crippen LogP contribution in [0.5, 0.6) is 0 Å². The van der Waals surface area contributed by atoms with Crippen molar-refractivity contribution in [2.24, 2.45) is 0 Å². The van der Waals surface area contributed by atoms with Gasteiger partial charge in [-0.1, -0.05) is 48.6 Å². The number of rotatable bonds is 3. The van der Waals surface area contributed by atoms with Crippen LogP contribution in [0, 0.1) is 0 Å². The Hall–Kier alpha value is -1.83. The summed E-state index contributed by atoms with van der Waals surface area (Å²) in [5, 5.41) is 0. The predicted molar refractivity (Wildman–Crippen MR) is 67.7 cm³/mol. The average Bonchev–Trinajstić information content (AvgIpc) is 2.41. The summed E-state index contributed by atoms with van der Waals surface area (Å²) in [5.74, 6) is -0.494. The Labute approximate surface area is 102 Å². The number of hydrogen-bond donors (Lipinski definition) is 0. The van der Waals surface area contributed by atoms with Crippen LogP contribution in [-0.4, -0.2) is 13.1 Å². The number of carbonyl (C=O) groups is 1. The zero-order valence-corrected chi connectivity index (χ0v) is 9.93. The minimum Gasteiger partial charge on any atom is -0.468 e. The Morgan fingerprint density at radius 3 is 2.59 bits per heavy atom. The fraction of sp³-hybridized carbons (Fsp3) is 0.267. The van der Waals surface area contributed by atoms with Crippen LogP contribution < -0.4 is 0 Å². The van der Waals surface area contributed by atoms with E-state index in [0.29, 0.717) is 0 Å². The van der Waals surface area contributed by atoms with E-state index in [2.05, 4.69) is 12.2 Å². The summed E-state index contributed by atoms with van der Waals surface area (Å²) in [6.07, 6.45) is 8.29. The molecule has 0 amide bonds. The first kappa shape index (κ1) is 11.6. The number of esters is 1. The minimum absolute atomic E-state index is 0.200. The Morgan fingerprint density at radius 2 is 2.00 bits per heavy atom. The number of hydrogen-bond acceptors (Lipinski definition) is 2. The lowest BCUT2D eigenvalue weighted by molar-refractivity contribution is -0.141. The minimum atomic E-state index is -0.294. The van der Waals surface area contributed by atoms with Crippen LogP contribution in [0.3, 0.4) is 0 Å². The van der Waals surface area contributed by atoms with Crippen LogP contribution in [0.15, 0.2) is 54.1 Å². The van der Waals surface area contributed by atoms with Gasteiger partial charge < -0.3 is 4.74 Å². The van der Waals surface area contributed by atoms with E-state index in [9.17, 15) is 4.79 Å². The second-order valence-corrected chi connectivity index (χ2v) is 4.05. The van der Waals surface area contributed by atoms with Gasteiger partial charge in [-0.15, -0.1) is 0 Å². The normalized spacial score (nSPS) is 16.2. The Bertz CT molecular complexity index is 443. The third kappa shape index (κ3) is 2.64. The third-order valence-electron chi connectivity index (χ3n) is 2.93. The summed E-state index contributed by atoms with van der Waals surface area (Å²) in [6, 6.07) is 9.76. The van der Waals surface area contributed by atoms with Crippen molar-refractivity contribution in [3.8, 4) is 0 Å². The van der Waals surface area contributed by atoms with Gasteiger partial charge in [-0.2, -0.15) is 0 Å². The van der Waals surface area contributed by atoms with Gasteiger partial charge in [0.2, 0.25) is 0 Å². The number of carbonyl (C=O) groups excluding carboxylic acids is 1. The highest BCUT2D eigenvalue weighted by molar-refractivity contribution is 5.82. The molecule has 2 heteroatoms. The van der Waals surface area contributed by atoms with E-state index in [1.807, 2.05) is 36.4 Å². The van der Waals surface area contributed by atoms with Crippen LogP contribution in [0.2, 0.25) is 0 Å². The molecular formula is C15H16O2. The lowest BCUT2D eigenvalue weighted by Gasteiger charge is -2.18. The lowest BCUT2D eigenvalue weighted by Crippen LogP contribution is -2.16. The highest BCUT2D eigenvalue weighted by Gasteiger charge is 2.24. The Balaban J connectivity index is 2.35. The molecule has 0 N–H and O–H groups in total. The molecule has 0 aliphatic heterocycles. The molecule has 1 aromatic carbocycles. The van der Waals surface area contributed by atoms with E-state index >= 15 is 0 Å². The predicted octanol–water partition coefficient (Wildman–Crippen LogP) is 3.22. The van der Waals surface area contributed by atoms with Gasteiger partial charge in [-0.3, -0.25) is 4.79 Å². The van der Waals surface area contributed by atoms with Gasteiger partial charge >= 0.3 is 5.97 Å². The molecule has 0 heterocycles. The van der Waals surface area contributed by atoms with Crippen LogP contribution in [0.4, 0.5) is 0 Å². The molecule has 0 aromatic heterocycles. The summed E-state index contributed by atoms with van der Waals surface area (Å²) in [6.45, 7) is 0. The number of ether oxygens (including phenoxy) is 1. The van der Waals surface area contributed by atoms with Crippen molar-refractivity contribution in [2.45, 2.75) is 18.8 Å². The van der Waals surface area contributed by atoms with Crippen LogP contribution in [0.25, 0.3) is 0 Å². The first-order chi connectivity index (χ1) is 8.33. The van der Waals surface area contributed by atoms with Crippen molar-refractivity contribution >= 4 is 5.97 Å². The molecule has 0 spiro atoms. The van der Waals surface area contributed by atoms with Gasteiger partial charge in [0.15, 0.2) is 0 Å². The first-order valence-corrected chi connectivity index (χ1v) is 5.82.